The van der Waals surface area contributed by atoms with Gasteiger partial charge in [0.15, 0.2) is 6.61 Å². The number of amides is 1. The molecule has 1 fully saturated rings. The summed E-state index contributed by atoms with van der Waals surface area (Å²) in [5, 5.41) is 14.2. The fourth-order valence-corrected chi connectivity index (χ4v) is 2.87. The fraction of sp³-hybridized carbons (Fsp3) is 0.588. The van der Waals surface area contributed by atoms with E-state index >= 15 is 0 Å². The van der Waals surface area contributed by atoms with Crippen LogP contribution in [0.4, 0.5) is 5.69 Å². The van der Waals surface area contributed by atoms with E-state index < -0.39 is 4.92 Å². The molecule has 1 saturated heterocycles. The lowest BCUT2D eigenvalue weighted by atomic mass is 9.97. The van der Waals surface area contributed by atoms with E-state index in [1.165, 1.54) is 25.3 Å². The second kappa shape index (κ2) is 9.22. The zero-order valence-electron chi connectivity index (χ0n) is 14.7. The van der Waals surface area contributed by atoms with E-state index in [4.69, 9.17) is 9.47 Å². The number of carbonyl (C=O) groups excluding carboxylic acids is 1. The van der Waals surface area contributed by atoms with E-state index in [1.807, 2.05) is 4.90 Å². The van der Waals surface area contributed by atoms with Gasteiger partial charge in [-0.05, 0) is 37.9 Å². The first-order valence-corrected chi connectivity index (χ1v) is 8.48. The number of nitro benzene ring substituents is 1. The van der Waals surface area contributed by atoms with Crippen LogP contribution in [0.5, 0.6) is 11.5 Å². The highest BCUT2D eigenvalue weighted by molar-refractivity contribution is 5.77. The topological polar surface area (TPSA) is 93.9 Å². The van der Waals surface area contributed by atoms with Crippen molar-refractivity contribution in [1.82, 2.24) is 10.2 Å². The fourth-order valence-electron chi connectivity index (χ4n) is 2.87. The van der Waals surface area contributed by atoms with Crippen molar-refractivity contribution in [2.45, 2.75) is 19.8 Å². The third kappa shape index (κ3) is 5.32. The molecule has 0 spiro atoms. The number of hydrogen-bond donors (Lipinski definition) is 1. The molecule has 0 saturated carbocycles. The number of hydrogen-bond acceptors (Lipinski definition) is 6. The summed E-state index contributed by atoms with van der Waals surface area (Å²) in [6.07, 6.45) is 1.98. The van der Waals surface area contributed by atoms with Crippen molar-refractivity contribution in [3.05, 3.63) is 28.3 Å². The molecular weight excluding hydrogens is 326 g/mol. The van der Waals surface area contributed by atoms with E-state index in [2.05, 4.69) is 12.2 Å². The second-order valence-corrected chi connectivity index (χ2v) is 6.01. The monoisotopic (exact) mass is 351 g/mol. The molecule has 0 radical (unpaired) electrons. The Kier molecular flexibility index (Phi) is 7.00. The van der Waals surface area contributed by atoms with Crippen LogP contribution in [0, 0.1) is 16.0 Å². The maximum absolute atomic E-state index is 12.3. The Labute approximate surface area is 147 Å². The maximum atomic E-state index is 12.3. The molecular formula is C17H25N3O5. The van der Waals surface area contributed by atoms with Crippen LogP contribution in [0.25, 0.3) is 0 Å². The molecule has 8 nitrogen and oxygen atoms in total. The van der Waals surface area contributed by atoms with Crippen LogP contribution in [0.2, 0.25) is 0 Å². The third-order valence-electron chi connectivity index (χ3n) is 4.36. The van der Waals surface area contributed by atoms with Gasteiger partial charge in [-0.25, -0.2) is 0 Å². The number of likely N-dealkylation sites (tertiary alicyclic amines) is 1. The average molecular weight is 351 g/mol. The van der Waals surface area contributed by atoms with E-state index in [9.17, 15) is 14.9 Å². The lowest BCUT2D eigenvalue weighted by molar-refractivity contribution is -0.385. The summed E-state index contributed by atoms with van der Waals surface area (Å²) >= 11 is 0. The molecule has 0 atom stereocenters. The van der Waals surface area contributed by atoms with Crippen molar-refractivity contribution in [2.75, 3.05) is 39.9 Å². The van der Waals surface area contributed by atoms with Crippen molar-refractivity contribution < 1.29 is 19.2 Å². The molecule has 2 rings (SSSR count). The number of nitro groups is 1. The number of piperidine rings is 1. The molecule has 1 aromatic rings. The predicted octanol–water partition coefficient (Wildman–Crippen LogP) is 1.83. The molecule has 0 unspecified atom stereocenters. The molecule has 0 bridgehead atoms. The molecule has 8 heteroatoms. The molecule has 1 aliphatic rings. The molecule has 0 aromatic heterocycles. The Bertz CT molecular complexity index is 600. The van der Waals surface area contributed by atoms with Gasteiger partial charge >= 0.3 is 5.69 Å². The van der Waals surface area contributed by atoms with Gasteiger partial charge in [-0.3, -0.25) is 14.9 Å². The van der Waals surface area contributed by atoms with Gasteiger partial charge in [-0.2, -0.15) is 0 Å². The lowest BCUT2D eigenvalue weighted by Gasteiger charge is -2.32. The summed E-state index contributed by atoms with van der Waals surface area (Å²) in [6, 6.07) is 4.20. The summed E-state index contributed by atoms with van der Waals surface area (Å²) in [5.41, 5.74) is -0.135. The van der Waals surface area contributed by atoms with Crippen LogP contribution in [-0.2, 0) is 4.79 Å². The maximum Gasteiger partial charge on any atom is 0.311 e. The summed E-state index contributed by atoms with van der Waals surface area (Å²) in [5.74, 6) is 1.03. The largest absolute Gasteiger partial charge is 0.490 e. The zero-order chi connectivity index (χ0) is 18.2. The molecule has 1 aromatic carbocycles. The number of methoxy groups -OCH3 is 1. The van der Waals surface area contributed by atoms with Crippen LogP contribution in [0.1, 0.15) is 19.8 Å². The smallest absolute Gasteiger partial charge is 0.311 e. The van der Waals surface area contributed by atoms with Gasteiger partial charge in [0, 0.05) is 25.2 Å². The van der Waals surface area contributed by atoms with Crippen LogP contribution >= 0.6 is 0 Å². The van der Waals surface area contributed by atoms with E-state index in [0.29, 0.717) is 11.7 Å². The third-order valence-corrected chi connectivity index (χ3v) is 4.36. The number of rotatable bonds is 8. The number of ether oxygens (including phenoxy) is 2. The van der Waals surface area contributed by atoms with Crippen molar-refractivity contribution in [1.29, 1.82) is 0 Å². The van der Waals surface area contributed by atoms with E-state index in [0.717, 1.165) is 39.0 Å². The molecule has 1 amide bonds. The molecule has 1 aliphatic heterocycles. The Morgan fingerprint density at radius 3 is 2.72 bits per heavy atom. The normalized spacial score (nSPS) is 15.0. The van der Waals surface area contributed by atoms with Gasteiger partial charge in [0.25, 0.3) is 5.91 Å². The van der Waals surface area contributed by atoms with Crippen molar-refractivity contribution >= 4 is 11.6 Å². The summed E-state index contributed by atoms with van der Waals surface area (Å²) < 4.78 is 10.5. The van der Waals surface area contributed by atoms with Crippen LogP contribution in [0.3, 0.4) is 0 Å². The Morgan fingerprint density at radius 1 is 1.40 bits per heavy atom. The van der Waals surface area contributed by atoms with Crippen molar-refractivity contribution in [3.8, 4) is 11.5 Å². The SMILES string of the molecule is CCNCC1CCN(C(=O)COc2ccc([N+](=O)[O-])c(OC)c2)CC1. The molecule has 138 valence electrons. The van der Waals surface area contributed by atoms with Crippen LogP contribution in [-0.4, -0.2) is 55.6 Å². The van der Waals surface area contributed by atoms with Gasteiger partial charge in [0.2, 0.25) is 5.75 Å². The van der Waals surface area contributed by atoms with Gasteiger partial charge in [-0.15, -0.1) is 0 Å². The minimum atomic E-state index is -0.523. The minimum absolute atomic E-state index is 0.0702. The first kappa shape index (κ1) is 19.0. The average Bonchev–Trinajstić information content (AvgIpc) is 2.64. The highest BCUT2D eigenvalue weighted by Gasteiger charge is 2.23. The Morgan fingerprint density at radius 2 is 2.12 bits per heavy atom. The number of nitrogens with one attached hydrogen (secondary N) is 1. The predicted molar refractivity (Wildman–Crippen MR) is 93.0 cm³/mol. The van der Waals surface area contributed by atoms with E-state index in [-0.39, 0.29) is 24.0 Å². The number of nitrogens with zero attached hydrogens (tertiary/aromatic N) is 2. The lowest BCUT2D eigenvalue weighted by Crippen LogP contribution is -2.42. The van der Waals surface area contributed by atoms with Gasteiger partial charge in [0.1, 0.15) is 5.75 Å². The summed E-state index contributed by atoms with van der Waals surface area (Å²) in [7, 11) is 1.36. The quantitative estimate of drug-likeness (QED) is 0.567. The van der Waals surface area contributed by atoms with Gasteiger partial charge < -0.3 is 19.7 Å². The van der Waals surface area contributed by atoms with E-state index in [1.54, 1.807) is 0 Å². The summed E-state index contributed by atoms with van der Waals surface area (Å²) in [4.78, 5) is 24.4. The number of carbonyl (C=O) groups is 1. The highest BCUT2D eigenvalue weighted by atomic mass is 16.6. The first-order valence-electron chi connectivity index (χ1n) is 8.48. The minimum Gasteiger partial charge on any atom is -0.490 e. The first-order chi connectivity index (χ1) is 12.0. The standard InChI is InChI=1S/C17H25N3O5/c1-3-18-11-13-6-8-19(9-7-13)17(21)12-25-14-4-5-15(20(22)23)16(10-14)24-2/h4-5,10,13,18H,3,6-9,11-12H2,1-2H3. The Balaban J connectivity index is 1.83. The summed E-state index contributed by atoms with van der Waals surface area (Å²) in [6.45, 7) is 5.44. The van der Waals surface area contributed by atoms with Crippen molar-refractivity contribution in [3.63, 3.8) is 0 Å². The van der Waals surface area contributed by atoms with Gasteiger partial charge in [-0.1, -0.05) is 6.92 Å². The van der Waals surface area contributed by atoms with Crippen molar-refractivity contribution in [2.24, 2.45) is 5.92 Å². The molecule has 1 N–H and O–H groups in total. The van der Waals surface area contributed by atoms with Gasteiger partial charge in [0.05, 0.1) is 12.0 Å². The Hall–Kier alpha value is -2.35. The molecule has 0 aliphatic carbocycles. The van der Waals surface area contributed by atoms with Crippen LogP contribution in [0.15, 0.2) is 18.2 Å². The zero-order valence-corrected chi connectivity index (χ0v) is 14.7. The number of benzene rings is 1. The molecule has 25 heavy (non-hydrogen) atoms. The molecule has 1 heterocycles. The highest BCUT2D eigenvalue weighted by Crippen LogP contribution is 2.30. The van der Waals surface area contributed by atoms with Crippen LogP contribution < -0.4 is 14.8 Å². The second-order valence-electron chi connectivity index (χ2n) is 6.01.